The second-order valence-electron chi connectivity index (χ2n) is 1.92. The van der Waals surface area contributed by atoms with Crippen molar-refractivity contribution in [3.8, 4) is 0 Å². The van der Waals surface area contributed by atoms with Gasteiger partial charge in [0.15, 0.2) is 0 Å². The van der Waals surface area contributed by atoms with Crippen LogP contribution in [-0.4, -0.2) is 18.3 Å². The molecule has 0 aliphatic heterocycles. The Kier molecular flexibility index (Phi) is 7.37. The third-order valence-corrected chi connectivity index (χ3v) is 1.31. The van der Waals surface area contributed by atoms with Crippen LogP contribution in [0.1, 0.15) is 0 Å². The van der Waals surface area contributed by atoms with E-state index in [-0.39, 0.29) is 6.61 Å². The highest BCUT2D eigenvalue weighted by Gasteiger charge is 1.72. The van der Waals surface area contributed by atoms with E-state index in [0.717, 1.165) is 0 Å². The van der Waals surface area contributed by atoms with Gasteiger partial charge in [0.25, 0.3) is 0 Å². The fourth-order valence-corrected chi connectivity index (χ4v) is 0.675. The fraction of sp³-hybridized carbons (Fsp3) is 0.250. The van der Waals surface area contributed by atoms with Gasteiger partial charge in [-0.05, 0) is 5.30 Å². The fourth-order valence-electron chi connectivity index (χ4n) is 0.453. The van der Waals surface area contributed by atoms with Crippen molar-refractivity contribution in [3.63, 3.8) is 0 Å². The van der Waals surface area contributed by atoms with E-state index in [2.05, 4.69) is 9.24 Å². The molecule has 0 aliphatic rings. The third kappa shape index (κ3) is 7.47. The van der Waals surface area contributed by atoms with Crippen LogP contribution in [-0.2, 0) is 0 Å². The summed E-state index contributed by atoms with van der Waals surface area (Å²) in [7, 11) is 2.63. The summed E-state index contributed by atoms with van der Waals surface area (Å²) in [5, 5.41) is 8.99. The first-order chi connectivity index (χ1) is 5.31. The molecule has 1 atom stereocenters. The van der Waals surface area contributed by atoms with Gasteiger partial charge >= 0.3 is 0 Å². The summed E-state index contributed by atoms with van der Waals surface area (Å²) in [5.74, 6) is 0. The molecule has 0 aliphatic carbocycles. The molecule has 3 N–H and O–H groups in total. The first-order valence-corrected chi connectivity index (χ1v) is 4.00. The molecule has 0 fully saturated rings. The number of benzene rings is 1. The molecular weight excluding hydrogens is 157 g/mol. The van der Waals surface area contributed by atoms with Crippen LogP contribution in [0.4, 0.5) is 0 Å². The van der Waals surface area contributed by atoms with Crippen molar-refractivity contribution >= 4 is 14.5 Å². The van der Waals surface area contributed by atoms with Crippen LogP contribution in [0.3, 0.4) is 0 Å². The zero-order chi connectivity index (χ0) is 8.53. The first-order valence-electron chi connectivity index (χ1n) is 3.42. The Balaban J connectivity index is 0.000000218. The van der Waals surface area contributed by atoms with Gasteiger partial charge in [0, 0.05) is 6.54 Å². The Morgan fingerprint density at radius 2 is 1.73 bits per heavy atom. The lowest BCUT2D eigenvalue weighted by molar-refractivity contribution is 0.306. The maximum atomic E-state index is 7.75. The molecule has 0 aromatic heterocycles. The minimum atomic E-state index is 0.0972. The minimum Gasteiger partial charge on any atom is -0.395 e. The summed E-state index contributed by atoms with van der Waals surface area (Å²) in [6.07, 6.45) is 0. The maximum absolute atomic E-state index is 7.75. The Morgan fingerprint density at radius 3 is 1.91 bits per heavy atom. The number of nitrogens with two attached hydrogens (primary N) is 1. The van der Waals surface area contributed by atoms with E-state index in [9.17, 15) is 0 Å². The quantitative estimate of drug-likeness (QED) is 0.590. The molecule has 62 valence electrons. The molecule has 1 aromatic carbocycles. The van der Waals surface area contributed by atoms with Crippen LogP contribution < -0.4 is 11.0 Å². The predicted octanol–water partition coefficient (Wildman–Crippen LogP) is 0.124. The number of hydrogen-bond donors (Lipinski definition) is 2. The molecule has 2 nitrogen and oxygen atoms in total. The molecule has 1 rings (SSSR count). The van der Waals surface area contributed by atoms with Crippen LogP contribution in [0.15, 0.2) is 30.3 Å². The summed E-state index contributed by atoms with van der Waals surface area (Å²) in [6, 6.07) is 10.1. The molecule has 3 heteroatoms. The van der Waals surface area contributed by atoms with Gasteiger partial charge in [-0.3, -0.25) is 0 Å². The topological polar surface area (TPSA) is 46.2 Å². The normalized spacial score (nSPS) is 8.27. The van der Waals surface area contributed by atoms with Crippen LogP contribution in [0.25, 0.3) is 0 Å². The Bertz CT molecular complexity index is 165. The van der Waals surface area contributed by atoms with Crippen molar-refractivity contribution in [2.24, 2.45) is 5.73 Å². The second-order valence-corrected chi connectivity index (χ2v) is 2.59. The molecule has 1 unspecified atom stereocenters. The first kappa shape index (κ1) is 10.6. The lowest BCUT2D eigenvalue weighted by Crippen LogP contribution is -2.02. The maximum Gasteiger partial charge on any atom is 0.0553 e. The molecule has 0 bridgehead atoms. The largest absolute Gasteiger partial charge is 0.395 e. The van der Waals surface area contributed by atoms with Crippen molar-refractivity contribution in [2.75, 3.05) is 13.2 Å². The van der Waals surface area contributed by atoms with E-state index in [1.165, 1.54) is 5.30 Å². The molecule has 11 heavy (non-hydrogen) atoms. The smallest absolute Gasteiger partial charge is 0.0553 e. The van der Waals surface area contributed by atoms with Gasteiger partial charge < -0.3 is 10.8 Å². The van der Waals surface area contributed by atoms with Crippen molar-refractivity contribution in [1.29, 1.82) is 0 Å². The Morgan fingerprint density at radius 1 is 1.27 bits per heavy atom. The van der Waals surface area contributed by atoms with Gasteiger partial charge in [-0.2, -0.15) is 0 Å². The zero-order valence-electron chi connectivity index (χ0n) is 6.40. The third-order valence-electron chi connectivity index (χ3n) is 0.929. The monoisotopic (exact) mass is 171 g/mol. The Hall–Kier alpha value is -0.430. The number of aliphatic hydroxyl groups is 1. The van der Waals surface area contributed by atoms with E-state index in [4.69, 9.17) is 10.8 Å². The van der Waals surface area contributed by atoms with Crippen LogP contribution in [0.5, 0.6) is 0 Å². The van der Waals surface area contributed by atoms with Crippen molar-refractivity contribution < 1.29 is 5.11 Å². The highest BCUT2D eigenvalue weighted by Crippen LogP contribution is 1.86. The molecule has 0 saturated heterocycles. The van der Waals surface area contributed by atoms with Crippen LogP contribution in [0, 0.1) is 0 Å². The number of rotatable bonds is 1. The predicted molar refractivity (Wildman–Crippen MR) is 51.9 cm³/mol. The van der Waals surface area contributed by atoms with E-state index < -0.39 is 0 Å². The van der Waals surface area contributed by atoms with Crippen molar-refractivity contribution in [2.45, 2.75) is 0 Å². The summed E-state index contributed by atoms with van der Waals surface area (Å²) in [5.41, 5.74) is 4.78. The number of hydrogen-bond acceptors (Lipinski definition) is 2. The zero-order valence-corrected chi connectivity index (χ0v) is 7.56. The molecule has 0 radical (unpaired) electrons. The summed E-state index contributed by atoms with van der Waals surface area (Å²) < 4.78 is 0. The molecule has 0 heterocycles. The second kappa shape index (κ2) is 7.67. The summed E-state index contributed by atoms with van der Waals surface area (Å²) >= 11 is 0. The highest BCUT2D eigenvalue weighted by molar-refractivity contribution is 7.27. The average Bonchev–Trinajstić information content (AvgIpc) is 2.07. The standard InChI is InChI=1S/C6H7P.C2H7NO/c7-6-4-2-1-3-5-6;3-1-2-4/h1-5H,7H2;4H,1-3H2. The van der Waals surface area contributed by atoms with Crippen LogP contribution in [0.2, 0.25) is 0 Å². The molecular formula is C8H14NOP. The van der Waals surface area contributed by atoms with Gasteiger partial charge in [-0.1, -0.05) is 30.3 Å². The van der Waals surface area contributed by atoms with Gasteiger partial charge in [0.2, 0.25) is 0 Å². The van der Waals surface area contributed by atoms with Gasteiger partial charge in [-0.15, -0.1) is 9.24 Å². The van der Waals surface area contributed by atoms with Crippen LogP contribution >= 0.6 is 9.24 Å². The average molecular weight is 171 g/mol. The molecule has 0 spiro atoms. The highest BCUT2D eigenvalue weighted by atomic mass is 31.0. The number of aliphatic hydroxyl groups excluding tert-OH is 1. The molecule has 0 amide bonds. The molecule has 0 saturated carbocycles. The van der Waals surface area contributed by atoms with E-state index in [1.54, 1.807) is 0 Å². The van der Waals surface area contributed by atoms with Gasteiger partial charge in [0.05, 0.1) is 6.61 Å². The summed E-state index contributed by atoms with van der Waals surface area (Å²) in [4.78, 5) is 0. The van der Waals surface area contributed by atoms with E-state index >= 15 is 0 Å². The van der Waals surface area contributed by atoms with Gasteiger partial charge in [-0.25, -0.2) is 0 Å². The Labute approximate surface area is 69.6 Å². The minimum absolute atomic E-state index is 0.0972. The van der Waals surface area contributed by atoms with Crippen molar-refractivity contribution in [1.82, 2.24) is 0 Å². The van der Waals surface area contributed by atoms with E-state index in [1.807, 2.05) is 30.3 Å². The lowest BCUT2D eigenvalue weighted by Gasteiger charge is -1.82. The van der Waals surface area contributed by atoms with E-state index in [0.29, 0.717) is 6.54 Å². The SMILES string of the molecule is NCCO.Pc1ccccc1. The molecule has 1 aromatic rings. The van der Waals surface area contributed by atoms with Crippen molar-refractivity contribution in [3.05, 3.63) is 30.3 Å². The summed E-state index contributed by atoms with van der Waals surface area (Å²) in [6.45, 7) is 0.472. The lowest BCUT2D eigenvalue weighted by atomic mass is 10.4. The van der Waals surface area contributed by atoms with Gasteiger partial charge in [0.1, 0.15) is 0 Å².